The Bertz CT molecular complexity index is 640. The standard InChI is InChI=1S/C14H14BrFN2O2/c1-2-3-6-18-8-11(14(19)20)13(17-18)10-5-4-9(16)7-12(10)15/h4-5,7-8H,2-3,6H2,1H3,(H,19,20). The van der Waals surface area contributed by atoms with Gasteiger partial charge in [0.05, 0.1) is 0 Å². The van der Waals surface area contributed by atoms with Gasteiger partial charge in [-0.25, -0.2) is 9.18 Å². The van der Waals surface area contributed by atoms with Gasteiger partial charge in [-0.15, -0.1) is 0 Å². The minimum atomic E-state index is -1.04. The molecule has 0 amide bonds. The molecule has 1 N–H and O–H groups in total. The Kier molecular flexibility index (Phi) is 4.54. The number of unbranched alkanes of at least 4 members (excludes halogenated alkanes) is 1. The summed E-state index contributed by atoms with van der Waals surface area (Å²) in [6.45, 7) is 2.72. The number of benzene rings is 1. The average molecular weight is 341 g/mol. The van der Waals surface area contributed by atoms with Gasteiger partial charge in [0.15, 0.2) is 0 Å². The van der Waals surface area contributed by atoms with Gasteiger partial charge < -0.3 is 5.11 Å². The Hall–Kier alpha value is -1.69. The molecule has 0 aliphatic rings. The van der Waals surface area contributed by atoms with E-state index in [1.807, 2.05) is 0 Å². The summed E-state index contributed by atoms with van der Waals surface area (Å²) in [5, 5.41) is 13.6. The number of hydrogen-bond acceptors (Lipinski definition) is 2. The van der Waals surface area contributed by atoms with Crippen molar-refractivity contribution in [2.45, 2.75) is 26.3 Å². The topological polar surface area (TPSA) is 55.1 Å². The van der Waals surface area contributed by atoms with Gasteiger partial charge in [0, 0.05) is 22.8 Å². The first kappa shape index (κ1) is 14.7. The highest BCUT2D eigenvalue weighted by molar-refractivity contribution is 9.10. The van der Waals surface area contributed by atoms with Crippen LogP contribution in [0.5, 0.6) is 0 Å². The predicted molar refractivity (Wildman–Crippen MR) is 77.2 cm³/mol. The lowest BCUT2D eigenvalue weighted by Crippen LogP contribution is -1.98. The van der Waals surface area contributed by atoms with Crippen molar-refractivity contribution in [1.29, 1.82) is 0 Å². The fourth-order valence-electron chi connectivity index (χ4n) is 1.89. The lowest BCUT2D eigenvalue weighted by Gasteiger charge is -2.03. The molecule has 106 valence electrons. The molecular formula is C14H14BrFN2O2. The van der Waals surface area contributed by atoms with Crippen molar-refractivity contribution in [2.75, 3.05) is 0 Å². The molecule has 0 fully saturated rings. The molecule has 1 aromatic heterocycles. The van der Waals surface area contributed by atoms with Crippen LogP contribution in [0.2, 0.25) is 0 Å². The molecule has 0 bridgehead atoms. The summed E-state index contributed by atoms with van der Waals surface area (Å²) in [4.78, 5) is 11.3. The van der Waals surface area contributed by atoms with Gasteiger partial charge in [0.1, 0.15) is 17.1 Å². The van der Waals surface area contributed by atoms with Gasteiger partial charge in [0.25, 0.3) is 0 Å². The van der Waals surface area contributed by atoms with Crippen molar-refractivity contribution in [3.05, 3.63) is 40.2 Å². The number of nitrogens with zero attached hydrogens (tertiary/aromatic N) is 2. The second-order valence-corrected chi connectivity index (χ2v) is 5.29. The van der Waals surface area contributed by atoms with Crippen molar-refractivity contribution in [2.24, 2.45) is 0 Å². The molecular weight excluding hydrogens is 327 g/mol. The lowest BCUT2D eigenvalue weighted by molar-refractivity contribution is 0.0697. The summed E-state index contributed by atoms with van der Waals surface area (Å²) in [5.41, 5.74) is 1.04. The summed E-state index contributed by atoms with van der Waals surface area (Å²) in [6, 6.07) is 4.11. The van der Waals surface area contributed by atoms with Gasteiger partial charge in [-0.3, -0.25) is 4.68 Å². The summed E-state index contributed by atoms with van der Waals surface area (Å²) in [6.07, 6.45) is 3.44. The molecule has 1 aromatic carbocycles. The molecule has 0 saturated heterocycles. The molecule has 1 heterocycles. The van der Waals surface area contributed by atoms with Crippen LogP contribution < -0.4 is 0 Å². The molecule has 2 rings (SSSR count). The quantitative estimate of drug-likeness (QED) is 0.896. The van der Waals surface area contributed by atoms with E-state index in [2.05, 4.69) is 28.0 Å². The fraction of sp³-hybridized carbons (Fsp3) is 0.286. The summed E-state index contributed by atoms with van der Waals surface area (Å²) in [7, 11) is 0. The molecule has 4 nitrogen and oxygen atoms in total. The van der Waals surface area contributed by atoms with Crippen LogP contribution >= 0.6 is 15.9 Å². The van der Waals surface area contributed by atoms with Crippen LogP contribution in [0.1, 0.15) is 30.1 Å². The molecule has 0 atom stereocenters. The van der Waals surface area contributed by atoms with E-state index in [4.69, 9.17) is 0 Å². The Morgan fingerprint density at radius 1 is 1.50 bits per heavy atom. The zero-order valence-electron chi connectivity index (χ0n) is 10.9. The first-order valence-electron chi connectivity index (χ1n) is 6.29. The highest BCUT2D eigenvalue weighted by atomic mass is 79.9. The first-order valence-corrected chi connectivity index (χ1v) is 7.08. The Morgan fingerprint density at radius 2 is 2.25 bits per heavy atom. The Labute approximate surface area is 124 Å². The van der Waals surface area contributed by atoms with Crippen LogP contribution in [0.25, 0.3) is 11.3 Å². The van der Waals surface area contributed by atoms with Gasteiger partial charge in [-0.1, -0.05) is 13.3 Å². The Balaban J connectivity index is 2.48. The Morgan fingerprint density at radius 3 is 2.85 bits per heavy atom. The largest absolute Gasteiger partial charge is 0.478 e. The SMILES string of the molecule is CCCCn1cc(C(=O)O)c(-c2ccc(F)cc2Br)n1. The first-order chi connectivity index (χ1) is 9.52. The lowest BCUT2D eigenvalue weighted by atomic mass is 10.1. The molecule has 6 heteroatoms. The van der Waals surface area contributed by atoms with Gasteiger partial charge in [0.2, 0.25) is 0 Å². The van der Waals surface area contributed by atoms with Crippen molar-refractivity contribution in [3.8, 4) is 11.3 Å². The number of rotatable bonds is 5. The molecule has 20 heavy (non-hydrogen) atoms. The number of halogens is 2. The monoisotopic (exact) mass is 340 g/mol. The smallest absolute Gasteiger partial charge is 0.339 e. The van der Waals surface area contributed by atoms with Crippen molar-refractivity contribution in [3.63, 3.8) is 0 Å². The van der Waals surface area contributed by atoms with Crippen molar-refractivity contribution < 1.29 is 14.3 Å². The number of hydrogen-bond donors (Lipinski definition) is 1. The van der Waals surface area contributed by atoms with Crippen molar-refractivity contribution >= 4 is 21.9 Å². The minimum Gasteiger partial charge on any atom is -0.478 e. The summed E-state index contributed by atoms with van der Waals surface area (Å²) in [5.74, 6) is -1.43. The second kappa shape index (κ2) is 6.17. The number of carboxylic acid groups (broad SMARTS) is 1. The summed E-state index contributed by atoms with van der Waals surface area (Å²) < 4.78 is 15.2. The van der Waals surface area contributed by atoms with E-state index in [1.165, 1.54) is 24.4 Å². The minimum absolute atomic E-state index is 0.119. The molecule has 0 unspecified atom stereocenters. The van der Waals surface area contributed by atoms with Crippen LogP contribution in [0, 0.1) is 5.82 Å². The molecule has 0 aliphatic heterocycles. The van der Waals surface area contributed by atoms with Gasteiger partial charge >= 0.3 is 5.97 Å². The highest BCUT2D eigenvalue weighted by Gasteiger charge is 2.19. The number of carboxylic acids is 1. The van der Waals surface area contributed by atoms with E-state index in [-0.39, 0.29) is 11.4 Å². The second-order valence-electron chi connectivity index (χ2n) is 4.44. The molecule has 0 saturated carbocycles. The van der Waals surface area contributed by atoms with E-state index in [0.29, 0.717) is 22.3 Å². The van der Waals surface area contributed by atoms with E-state index in [1.54, 1.807) is 4.68 Å². The maximum atomic E-state index is 13.1. The van der Waals surface area contributed by atoms with Crippen molar-refractivity contribution in [1.82, 2.24) is 9.78 Å². The van der Waals surface area contributed by atoms with E-state index >= 15 is 0 Å². The number of aryl methyl sites for hydroxylation is 1. The maximum Gasteiger partial charge on any atom is 0.339 e. The van der Waals surface area contributed by atoms with Crippen LogP contribution in [0.4, 0.5) is 4.39 Å². The molecule has 2 aromatic rings. The average Bonchev–Trinajstić information content (AvgIpc) is 2.80. The molecule has 0 aliphatic carbocycles. The van der Waals surface area contributed by atoms with Gasteiger partial charge in [-0.2, -0.15) is 5.10 Å². The predicted octanol–water partition coefficient (Wildman–Crippen LogP) is 3.95. The zero-order valence-corrected chi connectivity index (χ0v) is 12.5. The third kappa shape index (κ3) is 3.07. The van der Waals surface area contributed by atoms with Crippen LogP contribution in [0.3, 0.4) is 0 Å². The third-order valence-electron chi connectivity index (χ3n) is 2.92. The van der Waals surface area contributed by atoms with E-state index in [0.717, 1.165) is 12.8 Å². The van der Waals surface area contributed by atoms with E-state index < -0.39 is 5.97 Å². The molecule has 0 radical (unpaired) electrons. The van der Waals surface area contributed by atoms with E-state index in [9.17, 15) is 14.3 Å². The van der Waals surface area contributed by atoms with Gasteiger partial charge in [-0.05, 0) is 40.5 Å². The number of carbonyl (C=O) groups is 1. The molecule has 0 spiro atoms. The van der Waals surface area contributed by atoms with Crippen LogP contribution in [-0.2, 0) is 6.54 Å². The third-order valence-corrected chi connectivity index (χ3v) is 3.58. The number of aromatic nitrogens is 2. The zero-order chi connectivity index (χ0) is 14.7. The summed E-state index contributed by atoms with van der Waals surface area (Å²) >= 11 is 3.25. The maximum absolute atomic E-state index is 13.1. The van der Waals surface area contributed by atoms with Crippen LogP contribution in [-0.4, -0.2) is 20.9 Å². The number of aromatic carboxylic acids is 1. The fourth-order valence-corrected chi connectivity index (χ4v) is 2.43. The normalized spacial score (nSPS) is 10.8. The highest BCUT2D eigenvalue weighted by Crippen LogP contribution is 2.30. The van der Waals surface area contributed by atoms with Crippen LogP contribution in [0.15, 0.2) is 28.9 Å².